The molecule has 2 aromatic carbocycles. The summed E-state index contributed by atoms with van der Waals surface area (Å²) in [5.41, 5.74) is -0.0385. The molecule has 6 heteroatoms. The number of benzene rings is 2. The molecule has 2 rings (SSSR count). The van der Waals surface area contributed by atoms with Crippen LogP contribution in [0.2, 0.25) is 0 Å². The van der Waals surface area contributed by atoms with Crippen molar-refractivity contribution in [2.24, 2.45) is 0 Å². The summed E-state index contributed by atoms with van der Waals surface area (Å²) in [5.74, 6) is -2.32. The van der Waals surface area contributed by atoms with Gasteiger partial charge in [0.25, 0.3) is 5.91 Å². The van der Waals surface area contributed by atoms with Crippen LogP contribution in [0.25, 0.3) is 10.8 Å². The van der Waals surface area contributed by atoms with E-state index in [1.54, 1.807) is 30.3 Å². The second-order valence-electron chi connectivity index (χ2n) is 4.23. The van der Waals surface area contributed by atoms with Gasteiger partial charge in [0, 0.05) is 5.39 Å². The van der Waals surface area contributed by atoms with Crippen LogP contribution in [-0.4, -0.2) is 39.8 Å². The van der Waals surface area contributed by atoms with E-state index in [0.29, 0.717) is 5.39 Å². The lowest BCUT2D eigenvalue weighted by Crippen LogP contribution is -2.43. The Morgan fingerprint density at radius 1 is 1.15 bits per heavy atom. The highest BCUT2D eigenvalue weighted by Gasteiger charge is 2.21. The fourth-order valence-corrected chi connectivity index (χ4v) is 1.86. The Morgan fingerprint density at radius 3 is 2.50 bits per heavy atom. The minimum absolute atomic E-state index is 0.0385. The van der Waals surface area contributed by atoms with Gasteiger partial charge in [0.05, 0.1) is 12.2 Å². The summed E-state index contributed by atoms with van der Waals surface area (Å²) < 4.78 is 0. The first-order valence-corrected chi connectivity index (χ1v) is 5.90. The summed E-state index contributed by atoms with van der Waals surface area (Å²) in [6.07, 6.45) is 0. The number of phenols is 1. The number of aromatic hydroxyl groups is 1. The number of nitrogens with one attached hydrogen (secondary N) is 1. The van der Waals surface area contributed by atoms with Gasteiger partial charge in [-0.1, -0.05) is 30.3 Å². The van der Waals surface area contributed by atoms with E-state index in [4.69, 9.17) is 10.2 Å². The van der Waals surface area contributed by atoms with Gasteiger partial charge in [-0.3, -0.25) is 4.79 Å². The van der Waals surface area contributed by atoms with Gasteiger partial charge < -0.3 is 20.6 Å². The van der Waals surface area contributed by atoms with Crippen molar-refractivity contribution in [1.29, 1.82) is 0 Å². The predicted octanol–water partition coefficient (Wildman–Crippen LogP) is 0.721. The van der Waals surface area contributed by atoms with Crippen molar-refractivity contribution in [3.63, 3.8) is 0 Å². The monoisotopic (exact) mass is 275 g/mol. The van der Waals surface area contributed by atoms with E-state index in [0.717, 1.165) is 5.39 Å². The van der Waals surface area contributed by atoms with Crippen LogP contribution in [0.1, 0.15) is 10.4 Å². The van der Waals surface area contributed by atoms with Gasteiger partial charge in [-0.2, -0.15) is 0 Å². The topological polar surface area (TPSA) is 107 Å². The Labute approximate surface area is 114 Å². The fraction of sp³-hybridized carbons (Fsp3) is 0.143. The summed E-state index contributed by atoms with van der Waals surface area (Å²) in [6.45, 7) is -0.727. The third-order valence-corrected chi connectivity index (χ3v) is 2.93. The maximum atomic E-state index is 11.9. The first-order chi connectivity index (χ1) is 9.54. The molecule has 0 radical (unpaired) electrons. The Hall–Kier alpha value is -2.60. The fourth-order valence-electron chi connectivity index (χ4n) is 1.86. The number of carboxylic acid groups (broad SMARTS) is 1. The number of phenolic OH excluding ortho intramolecular Hbond substituents is 1. The molecule has 0 saturated carbocycles. The van der Waals surface area contributed by atoms with Crippen LogP contribution in [0, 0.1) is 0 Å². The van der Waals surface area contributed by atoms with Crippen molar-refractivity contribution in [3.05, 3.63) is 42.0 Å². The molecule has 0 aliphatic heterocycles. The van der Waals surface area contributed by atoms with Crippen LogP contribution < -0.4 is 5.32 Å². The van der Waals surface area contributed by atoms with Gasteiger partial charge in [0.1, 0.15) is 5.75 Å². The average Bonchev–Trinajstić information content (AvgIpc) is 2.44. The first-order valence-electron chi connectivity index (χ1n) is 5.90. The van der Waals surface area contributed by atoms with Crippen LogP contribution >= 0.6 is 0 Å². The molecule has 0 spiro atoms. The number of carboxylic acids is 1. The highest BCUT2D eigenvalue weighted by Crippen LogP contribution is 2.28. The quantitative estimate of drug-likeness (QED) is 0.657. The van der Waals surface area contributed by atoms with Crippen molar-refractivity contribution in [2.45, 2.75) is 6.04 Å². The smallest absolute Gasteiger partial charge is 0.328 e. The zero-order valence-electron chi connectivity index (χ0n) is 10.4. The number of aliphatic hydroxyl groups excluding tert-OH is 1. The molecule has 0 fully saturated rings. The normalized spacial score (nSPS) is 12.1. The van der Waals surface area contributed by atoms with E-state index < -0.39 is 24.5 Å². The summed E-state index contributed by atoms with van der Waals surface area (Å²) in [4.78, 5) is 22.7. The Balaban J connectivity index is 2.35. The lowest BCUT2D eigenvalue weighted by atomic mass is 10.0. The van der Waals surface area contributed by atoms with Crippen LogP contribution in [0.4, 0.5) is 0 Å². The van der Waals surface area contributed by atoms with E-state index in [1.807, 2.05) is 0 Å². The van der Waals surface area contributed by atoms with Gasteiger partial charge in [-0.15, -0.1) is 0 Å². The molecule has 0 saturated heterocycles. The molecule has 0 aromatic heterocycles. The summed E-state index contributed by atoms with van der Waals surface area (Å²) in [6, 6.07) is 8.60. The third-order valence-electron chi connectivity index (χ3n) is 2.93. The molecule has 1 atom stereocenters. The molecule has 2 aromatic rings. The minimum atomic E-state index is -1.41. The average molecular weight is 275 g/mol. The van der Waals surface area contributed by atoms with Gasteiger partial charge in [-0.25, -0.2) is 4.79 Å². The van der Waals surface area contributed by atoms with Crippen LogP contribution in [0.5, 0.6) is 5.75 Å². The van der Waals surface area contributed by atoms with Crippen molar-refractivity contribution in [1.82, 2.24) is 5.32 Å². The number of rotatable bonds is 4. The van der Waals surface area contributed by atoms with Crippen molar-refractivity contribution in [2.75, 3.05) is 6.61 Å². The molecule has 0 unspecified atom stereocenters. The predicted molar refractivity (Wildman–Crippen MR) is 71.6 cm³/mol. The van der Waals surface area contributed by atoms with E-state index >= 15 is 0 Å². The lowest BCUT2D eigenvalue weighted by molar-refractivity contribution is -0.140. The molecule has 0 heterocycles. The molecule has 104 valence electrons. The van der Waals surface area contributed by atoms with E-state index in [9.17, 15) is 14.7 Å². The molecule has 1 amide bonds. The van der Waals surface area contributed by atoms with Gasteiger partial charge in [-0.05, 0) is 11.5 Å². The number of hydrogen-bond acceptors (Lipinski definition) is 4. The molecule has 0 aliphatic rings. The van der Waals surface area contributed by atoms with E-state index in [2.05, 4.69) is 5.32 Å². The highest BCUT2D eigenvalue weighted by molar-refractivity contribution is 6.04. The Bertz CT molecular complexity index is 668. The SMILES string of the molecule is O=C(N[C@H](CO)C(=O)O)c1ccc2ccccc2c1O. The number of carbonyl (C=O) groups is 2. The van der Waals surface area contributed by atoms with Crippen LogP contribution in [0.3, 0.4) is 0 Å². The molecule has 0 aliphatic carbocycles. The molecule has 0 bridgehead atoms. The largest absolute Gasteiger partial charge is 0.506 e. The summed E-state index contributed by atoms with van der Waals surface area (Å²) >= 11 is 0. The summed E-state index contributed by atoms with van der Waals surface area (Å²) in [7, 11) is 0. The number of carbonyl (C=O) groups excluding carboxylic acids is 1. The van der Waals surface area contributed by atoms with Crippen molar-refractivity contribution >= 4 is 22.6 Å². The van der Waals surface area contributed by atoms with Gasteiger partial charge in [0.2, 0.25) is 0 Å². The lowest BCUT2D eigenvalue weighted by Gasteiger charge is -2.13. The van der Waals surface area contributed by atoms with Gasteiger partial charge >= 0.3 is 5.97 Å². The van der Waals surface area contributed by atoms with Crippen LogP contribution in [-0.2, 0) is 4.79 Å². The Morgan fingerprint density at radius 2 is 1.85 bits per heavy atom. The molecule has 20 heavy (non-hydrogen) atoms. The number of aliphatic carboxylic acids is 1. The van der Waals surface area contributed by atoms with E-state index in [1.165, 1.54) is 6.07 Å². The first kappa shape index (κ1) is 13.8. The highest BCUT2D eigenvalue weighted by atomic mass is 16.4. The number of aliphatic hydroxyl groups is 1. The molecular weight excluding hydrogens is 262 g/mol. The second kappa shape index (κ2) is 5.58. The zero-order chi connectivity index (χ0) is 14.7. The van der Waals surface area contributed by atoms with E-state index in [-0.39, 0.29) is 11.3 Å². The maximum Gasteiger partial charge on any atom is 0.328 e. The minimum Gasteiger partial charge on any atom is -0.506 e. The van der Waals surface area contributed by atoms with Gasteiger partial charge in [0.15, 0.2) is 6.04 Å². The van der Waals surface area contributed by atoms with Crippen molar-refractivity contribution < 1.29 is 24.9 Å². The number of amides is 1. The van der Waals surface area contributed by atoms with Crippen LogP contribution in [0.15, 0.2) is 36.4 Å². The molecular formula is C14H13NO5. The standard InChI is InChI=1S/C14H13NO5/c16-7-11(14(19)20)15-13(18)10-6-5-8-3-1-2-4-9(8)12(10)17/h1-6,11,16-17H,7H2,(H,15,18)(H,19,20)/t11-/m1/s1. The number of hydrogen-bond donors (Lipinski definition) is 4. The maximum absolute atomic E-state index is 11.9. The molecule has 6 nitrogen and oxygen atoms in total. The molecule has 4 N–H and O–H groups in total. The zero-order valence-corrected chi connectivity index (χ0v) is 10.4. The van der Waals surface area contributed by atoms with Crippen molar-refractivity contribution in [3.8, 4) is 5.75 Å². The summed E-state index contributed by atoms with van der Waals surface area (Å²) in [5, 5.41) is 31.1. The Kier molecular flexibility index (Phi) is 3.86. The third kappa shape index (κ3) is 2.55. The number of fused-ring (bicyclic) bond motifs is 1. The second-order valence-corrected chi connectivity index (χ2v) is 4.23.